The van der Waals surface area contributed by atoms with Gasteiger partial charge in [-0.2, -0.15) is 0 Å². The van der Waals surface area contributed by atoms with Crippen LogP contribution in [0.5, 0.6) is 0 Å². The number of hydrogen-bond donors (Lipinski definition) is 0. The van der Waals surface area contributed by atoms with E-state index in [4.69, 9.17) is 11.6 Å². The van der Waals surface area contributed by atoms with Gasteiger partial charge < -0.3 is 4.57 Å². The van der Waals surface area contributed by atoms with Crippen LogP contribution in [0.25, 0.3) is 11.4 Å². The molecule has 0 saturated heterocycles. The number of aromatic nitrogens is 3. The average Bonchev–Trinajstić information content (AvgIpc) is 2.70. The molecular weight excluding hydrogens is 289 g/mol. The minimum atomic E-state index is 0.316. The summed E-state index contributed by atoms with van der Waals surface area (Å²) in [5.41, 5.74) is 0.957. The van der Waals surface area contributed by atoms with Gasteiger partial charge in [-0.25, -0.2) is 0 Å². The number of benzene rings is 1. The lowest BCUT2D eigenvalue weighted by atomic mass is 10.2. The highest BCUT2D eigenvalue weighted by molar-refractivity contribution is 9.10. The van der Waals surface area contributed by atoms with Crippen LogP contribution in [0.15, 0.2) is 29.0 Å². The van der Waals surface area contributed by atoms with Crippen LogP contribution in [0.3, 0.4) is 0 Å². The average molecular weight is 301 g/mol. The molecule has 0 radical (unpaired) electrons. The molecule has 3 nitrogen and oxygen atoms in total. The molecule has 5 heteroatoms. The number of nitrogens with zero attached hydrogens (tertiary/aromatic N) is 3. The zero-order valence-electron chi connectivity index (χ0n) is 8.98. The van der Waals surface area contributed by atoms with Gasteiger partial charge in [-0.15, -0.1) is 10.2 Å². The van der Waals surface area contributed by atoms with E-state index >= 15 is 0 Å². The molecule has 16 heavy (non-hydrogen) atoms. The lowest BCUT2D eigenvalue weighted by molar-refractivity contribution is 0.604. The maximum atomic E-state index is 5.99. The molecule has 1 aromatic carbocycles. The molecule has 0 fully saturated rings. The molecule has 84 valence electrons. The maximum Gasteiger partial charge on any atom is 0.165 e. The number of rotatable bonds is 2. The lowest BCUT2D eigenvalue weighted by Gasteiger charge is -2.11. The summed E-state index contributed by atoms with van der Waals surface area (Å²) in [5.74, 6) is 0.823. The molecule has 0 amide bonds. The largest absolute Gasteiger partial charge is 0.311 e. The van der Waals surface area contributed by atoms with Gasteiger partial charge in [0.1, 0.15) is 6.33 Å². The predicted octanol–water partition coefficient (Wildman–Crippen LogP) is 3.94. The zero-order valence-corrected chi connectivity index (χ0v) is 11.3. The SMILES string of the molecule is CC(C)n1cnnc1-c1cc(Cl)ccc1Br. The summed E-state index contributed by atoms with van der Waals surface area (Å²) in [7, 11) is 0. The molecule has 0 aliphatic carbocycles. The fraction of sp³-hybridized carbons (Fsp3) is 0.273. The molecule has 0 atom stereocenters. The van der Waals surface area contributed by atoms with E-state index < -0.39 is 0 Å². The van der Waals surface area contributed by atoms with Crippen molar-refractivity contribution in [3.63, 3.8) is 0 Å². The monoisotopic (exact) mass is 299 g/mol. The van der Waals surface area contributed by atoms with Crippen LogP contribution < -0.4 is 0 Å². The first-order valence-electron chi connectivity index (χ1n) is 4.94. The molecule has 0 N–H and O–H groups in total. The predicted molar refractivity (Wildman–Crippen MR) is 68.6 cm³/mol. The van der Waals surface area contributed by atoms with E-state index in [1.165, 1.54) is 0 Å². The summed E-state index contributed by atoms with van der Waals surface area (Å²) in [5, 5.41) is 8.76. The topological polar surface area (TPSA) is 30.7 Å². The highest BCUT2D eigenvalue weighted by Crippen LogP contribution is 2.30. The van der Waals surface area contributed by atoms with Crippen molar-refractivity contribution < 1.29 is 0 Å². The van der Waals surface area contributed by atoms with Crippen molar-refractivity contribution in [2.24, 2.45) is 0 Å². The Bertz CT molecular complexity index is 508. The van der Waals surface area contributed by atoms with Gasteiger partial charge >= 0.3 is 0 Å². The van der Waals surface area contributed by atoms with Crippen molar-refractivity contribution in [2.75, 3.05) is 0 Å². The molecular formula is C11H11BrClN3. The Morgan fingerprint density at radius 2 is 2.12 bits per heavy atom. The fourth-order valence-electron chi connectivity index (χ4n) is 1.48. The van der Waals surface area contributed by atoms with Crippen LogP contribution in [0.1, 0.15) is 19.9 Å². The minimum Gasteiger partial charge on any atom is -0.311 e. The third kappa shape index (κ3) is 2.13. The Balaban J connectivity index is 2.58. The standard InChI is InChI=1S/C11H11BrClN3/c1-7(2)16-6-14-15-11(16)9-5-8(13)3-4-10(9)12/h3-7H,1-2H3. The Labute approximate surface area is 108 Å². The van der Waals surface area contributed by atoms with Gasteiger partial charge in [-0.05, 0) is 32.0 Å². The van der Waals surface area contributed by atoms with Crippen molar-refractivity contribution in [2.45, 2.75) is 19.9 Å². The molecule has 2 aromatic rings. The molecule has 1 heterocycles. The Kier molecular flexibility index (Phi) is 3.30. The van der Waals surface area contributed by atoms with E-state index in [0.29, 0.717) is 11.1 Å². The number of halogens is 2. The molecule has 1 aromatic heterocycles. The molecule has 2 rings (SSSR count). The second-order valence-corrected chi connectivity index (χ2v) is 5.07. The first-order valence-corrected chi connectivity index (χ1v) is 6.11. The third-order valence-electron chi connectivity index (χ3n) is 2.30. The van der Waals surface area contributed by atoms with Crippen LogP contribution in [-0.4, -0.2) is 14.8 Å². The highest BCUT2D eigenvalue weighted by atomic mass is 79.9. The van der Waals surface area contributed by atoms with Crippen LogP contribution in [0.4, 0.5) is 0 Å². The molecule has 0 aliphatic heterocycles. The summed E-state index contributed by atoms with van der Waals surface area (Å²) in [6.07, 6.45) is 1.73. The van der Waals surface area contributed by atoms with Crippen LogP contribution >= 0.6 is 27.5 Å². The van der Waals surface area contributed by atoms with E-state index in [-0.39, 0.29) is 0 Å². The summed E-state index contributed by atoms with van der Waals surface area (Å²) in [6.45, 7) is 4.18. The van der Waals surface area contributed by atoms with Gasteiger partial charge in [-0.1, -0.05) is 27.5 Å². The fourth-order valence-corrected chi connectivity index (χ4v) is 2.08. The van der Waals surface area contributed by atoms with Crippen molar-refractivity contribution in [3.05, 3.63) is 34.0 Å². The maximum absolute atomic E-state index is 5.99. The van der Waals surface area contributed by atoms with Crippen LogP contribution in [0, 0.1) is 0 Å². The van der Waals surface area contributed by atoms with Gasteiger partial charge in [0.2, 0.25) is 0 Å². The van der Waals surface area contributed by atoms with Crippen LogP contribution in [0.2, 0.25) is 5.02 Å². The lowest BCUT2D eigenvalue weighted by Crippen LogP contribution is -2.02. The molecule has 0 spiro atoms. The van der Waals surface area contributed by atoms with Gasteiger partial charge in [0.05, 0.1) is 0 Å². The van der Waals surface area contributed by atoms with Gasteiger partial charge in [0.15, 0.2) is 5.82 Å². The highest BCUT2D eigenvalue weighted by Gasteiger charge is 2.12. The first kappa shape index (κ1) is 11.6. The van der Waals surface area contributed by atoms with E-state index in [1.807, 2.05) is 22.8 Å². The second kappa shape index (κ2) is 4.55. The number of hydrogen-bond acceptors (Lipinski definition) is 2. The Morgan fingerprint density at radius 3 is 2.81 bits per heavy atom. The summed E-state index contributed by atoms with van der Waals surface area (Å²) >= 11 is 9.48. The summed E-state index contributed by atoms with van der Waals surface area (Å²) in [6, 6.07) is 5.95. The summed E-state index contributed by atoms with van der Waals surface area (Å²) in [4.78, 5) is 0. The minimum absolute atomic E-state index is 0.316. The first-order chi connectivity index (χ1) is 7.59. The van der Waals surface area contributed by atoms with Crippen molar-refractivity contribution in [1.82, 2.24) is 14.8 Å². The quantitative estimate of drug-likeness (QED) is 0.841. The Morgan fingerprint density at radius 1 is 1.38 bits per heavy atom. The molecule has 0 unspecified atom stereocenters. The zero-order chi connectivity index (χ0) is 11.7. The van der Waals surface area contributed by atoms with Gasteiger partial charge in [0, 0.05) is 21.1 Å². The Hall–Kier alpha value is -0.870. The smallest absolute Gasteiger partial charge is 0.165 e. The third-order valence-corrected chi connectivity index (χ3v) is 3.23. The van der Waals surface area contributed by atoms with Crippen molar-refractivity contribution in [3.8, 4) is 11.4 Å². The molecule has 0 saturated carbocycles. The molecule has 0 bridgehead atoms. The van der Waals surface area contributed by atoms with E-state index in [2.05, 4.69) is 40.0 Å². The van der Waals surface area contributed by atoms with Gasteiger partial charge in [0.25, 0.3) is 0 Å². The van der Waals surface area contributed by atoms with Crippen LogP contribution in [-0.2, 0) is 0 Å². The van der Waals surface area contributed by atoms with E-state index in [1.54, 1.807) is 6.33 Å². The van der Waals surface area contributed by atoms with Crippen molar-refractivity contribution >= 4 is 27.5 Å². The second-order valence-electron chi connectivity index (χ2n) is 3.78. The van der Waals surface area contributed by atoms with E-state index in [9.17, 15) is 0 Å². The van der Waals surface area contributed by atoms with Crippen molar-refractivity contribution in [1.29, 1.82) is 0 Å². The normalized spacial score (nSPS) is 11.1. The summed E-state index contributed by atoms with van der Waals surface area (Å²) < 4.78 is 2.97. The van der Waals surface area contributed by atoms with Gasteiger partial charge in [-0.3, -0.25) is 0 Å². The molecule has 0 aliphatic rings. The van der Waals surface area contributed by atoms with E-state index in [0.717, 1.165) is 15.9 Å².